The Morgan fingerprint density at radius 1 is 1.26 bits per heavy atom. The molecular weight excluding hydrogens is 298 g/mol. The lowest BCUT2D eigenvalue weighted by Gasteiger charge is -2.06. The zero-order chi connectivity index (χ0) is 16.4. The Kier molecular flexibility index (Phi) is 3.63. The van der Waals surface area contributed by atoms with E-state index in [0.29, 0.717) is 28.4 Å². The number of anilines is 1. The summed E-state index contributed by atoms with van der Waals surface area (Å²) in [7, 11) is 1.54. The molecule has 0 atom stereocenters. The molecule has 116 valence electrons. The van der Waals surface area contributed by atoms with E-state index < -0.39 is 4.92 Å². The van der Waals surface area contributed by atoms with E-state index in [0.717, 1.165) is 0 Å². The number of benzene rings is 2. The summed E-state index contributed by atoms with van der Waals surface area (Å²) in [5.41, 5.74) is 8.23. The van der Waals surface area contributed by atoms with Gasteiger partial charge in [-0.05, 0) is 18.2 Å². The number of methoxy groups -OCH3 is 1. The average Bonchev–Trinajstić information content (AvgIpc) is 3.05. The molecule has 0 aliphatic heterocycles. The van der Waals surface area contributed by atoms with E-state index in [9.17, 15) is 10.1 Å². The number of nitro groups is 1. The average molecular weight is 311 g/mol. The Labute approximate surface area is 131 Å². The monoisotopic (exact) mass is 311 g/mol. The van der Waals surface area contributed by atoms with Crippen LogP contribution in [-0.4, -0.2) is 27.0 Å². The SMILES string of the molecule is COc1ccc(-n2cc(-c3cccc([N+](=O)[O-])c3)nn2)cc1N. The number of non-ortho nitro benzene ring substituents is 1. The van der Waals surface area contributed by atoms with Gasteiger partial charge < -0.3 is 10.5 Å². The summed E-state index contributed by atoms with van der Waals surface area (Å²) in [5, 5.41) is 18.9. The molecule has 23 heavy (non-hydrogen) atoms. The molecule has 0 amide bonds. The van der Waals surface area contributed by atoms with Gasteiger partial charge in [0.05, 0.1) is 29.6 Å². The van der Waals surface area contributed by atoms with Crippen molar-refractivity contribution in [3.63, 3.8) is 0 Å². The highest BCUT2D eigenvalue weighted by Crippen LogP contribution is 2.25. The molecule has 1 aromatic heterocycles. The van der Waals surface area contributed by atoms with Gasteiger partial charge in [-0.25, -0.2) is 4.68 Å². The van der Waals surface area contributed by atoms with Crippen molar-refractivity contribution in [2.24, 2.45) is 0 Å². The predicted molar refractivity (Wildman–Crippen MR) is 84.4 cm³/mol. The molecule has 0 saturated heterocycles. The normalized spacial score (nSPS) is 10.5. The number of hydrogen-bond donors (Lipinski definition) is 1. The molecule has 0 radical (unpaired) electrons. The summed E-state index contributed by atoms with van der Waals surface area (Å²) in [5.74, 6) is 0.577. The van der Waals surface area contributed by atoms with E-state index in [2.05, 4.69) is 10.3 Å². The van der Waals surface area contributed by atoms with Gasteiger partial charge in [0, 0.05) is 17.7 Å². The number of nitrogens with two attached hydrogens (primary N) is 1. The van der Waals surface area contributed by atoms with Gasteiger partial charge in [-0.1, -0.05) is 17.3 Å². The van der Waals surface area contributed by atoms with Crippen LogP contribution in [0.2, 0.25) is 0 Å². The number of nitrogen functional groups attached to an aromatic ring is 1. The summed E-state index contributed by atoms with van der Waals surface area (Å²) < 4.78 is 6.66. The molecule has 0 saturated carbocycles. The number of hydrogen-bond acceptors (Lipinski definition) is 6. The van der Waals surface area contributed by atoms with E-state index in [1.54, 1.807) is 48.3 Å². The maximum absolute atomic E-state index is 10.8. The van der Waals surface area contributed by atoms with Crippen LogP contribution in [-0.2, 0) is 0 Å². The molecular formula is C15H13N5O3. The van der Waals surface area contributed by atoms with E-state index in [1.165, 1.54) is 12.1 Å². The Morgan fingerprint density at radius 3 is 2.78 bits per heavy atom. The van der Waals surface area contributed by atoms with Crippen molar-refractivity contribution in [3.8, 4) is 22.7 Å². The molecule has 0 fully saturated rings. The molecule has 0 aliphatic carbocycles. The van der Waals surface area contributed by atoms with E-state index in [-0.39, 0.29) is 5.69 Å². The van der Waals surface area contributed by atoms with Crippen LogP contribution in [0.15, 0.2) is 48.7 Å². The van der Waals surface area contributed by atoms with Crippen LogP contribution in [0.3, 0.4) is 0 Å². The predicted octanol–water partition coefficient (Wildman–Crippen LogP) is 2.43. The first-order valence-electron chi connectivity index (χ1n) is 6.69. The fourth-order valence-corrected chi connectivity index (χ4v) is 2.17. The second kappa shape index (κ2) is 5.76. The van der Waals surface area contributed by atoms with Gasteiger partial charge in [0.15, 0.2) is 0 Å². The number of ether oxygens (including phenoxy) is 1. The van der Waals surface area contributed by atoms with Crippen LogP contribution < -0.4 is 10.5 Å². The molecule has 3 aromatic rings. The quantitative estimate of drug-likeness (QED) is 0.450. The van der Waals surface area contributed by atoms with Gasteiger partial charge >= 0.3 is 0 Å². The smallest absolute Gasteiger partial charge is 0.270 e. The van der Waals surface area contributed by atoms with Gasteiger partial charge in [-0.2, -0.15) is 0 Å². The fraction of sp³-hybridized carbons (Fsp3) is 0.0667. The maximum Gasteiger partial charge on any atom is 0.270 e. The van der Waals surface area contributed by atoms with Gasteiger partial charge in [0.25, 0.3) is 5.69 Å². The van der Waals surface area contributed by atoms with Crippen molar-refractivity contribution >= 4 is 11.4 Å². The molecule has 2 N–H and O–H groups in total. The first kappa shape index (κ1) is 14.5. The summed E-state index contributed by atoms with van der Waals surface area (Å²) in [6.07, 6.45) is 1.68. The lowest BCUT2D eigenvalue weighted by Crippen LogP contribution is -1.98. The van der Waals surface area contributed by atoms with Gasteiger partial charge in [0.2, 0.25) is 0 Å². The van der Waals surface area contributed by atoms with Crippen molar-refractivity contribution in [1.29, 1.82) is 0 Å². The molecule has 8 nitrogen and oxygen atoms in total. The molecule has 0 spiro atoms. The zero-order valence-corrected chi connectivity index (χ0v) is 12.2. The van der Waals surface area contributed by atoms with Crippen molar-refractivity contribution in [3.05, 3.63) is 58.8 Å². The van der Waals surface area contributed by atoms with E-state index in [1.807, 2.05) is 0 Å². The first-order valence-corrected chi connectivity index (χ1v) is 6.69. The molecule has 0 unspecified atom stereocenters. The standard InChI is InChI=1S/C15H13N5O3/c1-23-15-6-5-11(8-13(15)16)19-9-14(17-18-19)10-3-2-4-12(7-10)20(21)22/h2-9H,16H2,1H3. The topological polar surface area (TPSA) is 109 Å². The van der Waals surface area contributed by atoms with Crippen LogP contribution in [0, 0.1) is 10.1 Å². The second-order valence-corrected chi connectivity index (χ2v) is 4.78. The highest BCUT2D eigenvalue weighted by molar-refractivity contribution is 5.63. The number of rotatable bonds is 4. The Hall–Kier alpha value is -3.42. The number of nitrogens with zero attached hydrogens (tertiary/aromatic N) is 4. The maximum atomic E-state index is 10.8. The molecule has 1 heterocycles. The number of nitro benzene ring substituents is 1. The molecule has 3 rings (SSSR count). The van der Waals surface area contributed by atoms with E-state index >= 15 is 0 Å². The van der Waals surface area contributed by atoms with Crippen LogP contribution in [0.5, 0.6) is 5.75 Å². The Bertz CT molecular complexity index is 875. The van der Waals surface area contributed by atoms with E-state index in [4.69, 9.17) is 10.5 Å². The summed E-state index contributed by atoms with van der Waals surface area (Å²) in [6, 6.07) is 11.5. The highest BCUT2D eigenvalue weighted by Gasteiger charge is 2.11. The lowest BCUT2D eigenvalue weighted by atomic mass is 10.1. The minimum absolute atomic E-state index is 0.00532. The second-order valence-electron chi connectivity index (χ2n) is 4.78. The van der Waals surface area contributed by atoms with Gasteiger partial charge in [0.1, 0.15) is 11.4 Å². The van der Waals surface area contributed by atoms with Gasteiger partial charge in [-0.15, -0.1) is 5.10 Å². The summed E-state index contributed by atoms with van der Waals surface area (Å²) in [4.78, 5) is 10.4. The molecule has 8 heteroatoms. The third kappa shape index (κ3) is 2.82. The third-order valence-corrected chi connectivity index (χ3v) is 3.32. The Balaban J connectivity index is 1.96. The third-order valence-electron chi connectivity index (χ3n) is 3.32. The summed E-state index contributed by atoms with van der Waals surface area (Å²) >= 11 is 0. The van der Waals surface area contributed by atoms with Crippen LogP contribution in [0.1, 0.15) is 0 Å². The summed E-state index contributed by atoms with van der Waals surface area (Å²) in [6.45, 7) is 0. The van der Waals surface area contributed by atoms with Crippen LogP contribution in [0.4, 0.5) is 11.4 Å². The largest absolute Gasteiger partial charge is 0.495 e. The first-order chi connectivity index (χ1) is 11.1. The molecule has 2 aromatic carbocycles. The van der Waals surface area contributed by atoms with Crippen molar-refractivity contribution in [1.82, 2.24) is 15.0 Å². The fourth-order valence-electron chi connectivity index (χ4n) is 2.17. The van der Waals surface area contributed by atoms with Crippen molar-refractivity contribution in [2.45, 2.75) is 0 Å². The van der Waals surface area contributed by atoms with Crippen LogP contribution in [0.25, 0.3) is 16.9 Å². The molecule has 0 aliphatic rings. The number of aromatic nitrogens is 3. The van der Waals surface area contributed by atoms with Gasteiger partial charge in [-0.3, -0.25) is 10.1 Å². The minimum Gasteiger partial charge on any atom is -0.495 e. The lowest BCUT2D eigenvalue weighted by molar-refractivity contribution is -0.384. The van der Waals surface area contributed by atoms with Crippen molar-refractivity contribution in [2.75, 3.05) is 12.8 Å². The highest BCUT2D eigenvalue weighted by atomic mass is 16.6. The minimum atomic E-state index is -0.446. The van der Waals surface area contributed by atoms with Crippen LogP contribution >= 0.6 is 0 Å². The molecule has 0 bridgehead atoms. The zero-order valence-electron chi connectivity index (χ0n) is 12.2. The van der Waals surface area contributed by atoms with Crippen molar-refractivity contribution < 1.29 is 9.66 Å². The Morgan fingerprint density at radius 2 is 2.09 bits per heavy atom.